The molecule has 0 atom stereocenters. The van der Waals surface area contributed by atoms with Crippen molar-refractivity contribution in [2.24, 2.45) is 0 Å². The standard InChI is InChI=1S/C18H16ClNO4/c1-23-15-5-2-3-6-16(15)24-10-4-9-20-14-8-7-12(19)11-13(14)17(21)18(20)22/h2-3,5-8,11H,4,9-10H2,1H3. The summed E-state index contributed by atoms with van der Waals surface area (Å²) in [5, 5.41) is 0.441. The molecule has 0 saturated heterocycles. The normalized spacial score (nSPS) is 13.2. The molecule has 2 aromatic rings. The number of hydrogen-bond acceptors (Lipinski definition) is 4. The number of methoxy groups -OCH3 is 1. The first-order chi connectivity index (χ1) is 11.6. The van der Waals surface area contributed by atoms with Crippen molar-refractivity contribution in [3.8, 4) is 11.5 Å². The summed E-state index contributed by atoms with van der Waals surface area (Å²) < 4.78 is 10.9. The number of nitrogens with zero attached hydrogens (tertiary/aromatic N) is 1. The van der Waals surface area contributed by atoms with Crippen molar-refractivity contribution >= 4 is 29.0 Å². The molecule has 5 nitrogen and oxygen atoms in total. The lowest BCUT2D eigenvalue weighted by Gasteiger charge is -2.17. The number of para-hydroxylation sites is 2. The molecule has 0 saturated carbocycles. The van der Waals surface area contributed by atoms with Crippen molar-refractivity contribution in [2.75, 3.05) is 25.2 Å². The Morgan fingerprint density at radius 3 is 2.58 bits per heavy atom. The van der Waals surface area contributed by atoms with Gasteiger partial charge < -0.3 is 14.4 Å². The van der Waals surface area contributed by atoms with Gasteiger partial charge in [-0.1, -0.05) is 23.7 Å². The van der Waals surface area contributed by atoms with E-state index >= 15 is 0 Å². The molecule has 0 radical (unpaired) electrons. The summed E-state index contributed by atoms with van der Waals surface area (Å²) in [5.41, 5.74) is 0.963. The molecule has 1 aliphatic heterocycles. The third kappa shape index (κ3) is 3.08. The van der Waals surface area contributed by atoms with E-state index in [0.29, 0.717) is 47.3 Å². The fraction of sp³-hybridized carbons (Fsp3) is 0.222. The van der Waals surface area contributed by atoms with Gasteiger partial charge in [0.1, 0.15) is 0 Å². The molecule has 3 rings (SSSR count). The molecule has 124 valence electrons. The van der Waals surface area contributed by atoms with Gasteiger partial charge in [0.25, 0.3) is 11.7 Å². The second-order valence-corrected chi connectivity index (χ2v) is 5.74. The number of benzene rings is 2. The fourth-order valence-electron chi connectivity index (χ4n) is 2.64. The third-order valence-corrected chi connectivity index (χ3v) is 4.02. The number of rotatable bonds is 6. The van der Waals surface area contributed by atoms with Crippen molar-refractivity contribution in [1.29, 1.82) is 0 Å². The van der Waals surface area contributed by atoms with Gasteiger partial charge in [0.05, 0.1) is 25.0 Å². The van der Waals surface area contributed by atoms with Crippen LogP contribution in [0.1, 0.15) is 16.8 Å². The summed E-state index contributed by atoms with van der Waals surface area (Å²) in [6, 6.07) is 12.3. The van der Waals surface area contributed by atoms with E-state index < -0.39 is 11.7 Å². The molecule has 0 bridgehead atoms. The minimum atomic E-state index is -0.524. The zero-order chi connectivity index (χ0) is 17.1. The van der Waals surface area contributed by atoms with Gasteiger partial charge in [0.15, 0.2) is 11.5 Å². The van der Waals surface area contributed by atoms with Crippen molar-refractivity contribution < 1.29 is 19.1 Å². The molecule has 0 aliphatic carbocycles. The Hall–Kier alpha value is -2.53. The lowest BCUT2D eigenvalue weighted by molar-refractivity contribution is -0.114. The molecule has 1 aliphatic rings. The fourth-order valence-corrected chi connectivity index (χ4v) is 2.81. The summed E-state index contributed by atoms with van der Waals surface area (Å²) in [4.78, 5) is 25.6. The number of fused-ring (bicyclic) bond motifs is 1. The van der Waals surface area contributed by atoms with Crippen LogP contribution in [0.2, 0.25) is 5.02 Å². The molecular formula is C18H16ClNO4. The van der Waals surface area contributed by atoms with Crippen LogP contribution in [0.4, 0.5) is 5.69 Å². The van der Waals surface area contributed by atoms with Gasteiger partial charge in [-0.15, -0.1) is 0 Å². The molecule has 24 heavy (non-hydrogen) atoms. The van der Waals surface area contributed by atoms with Gasteiger partial charge >= 0.3 is 0 Å². The van der Waals surface area contributed by atoms with E-state index in [2.05, 4.69) is 0 Å². The number of anilines is 1. The molecule has 1 amide bonds. The number of carbonyl (C=O) groups is 2. The van der Waals surface area contributed by atoms with Gasteiger partial charge in [-0.25, -0.2) is 0 Å². The number of halogens is 1. The van der Waals surface area contributed by atoms with Gasteiger partial charge in [-0.2, -0.15) is 0 Å². The Kier molecular flexibility index (Phi) is 4.71. The molecule has 0 unspecified atom stereocenters. The zero-order valence-electron chi connectivity index (χ0n) is 13.1. The second-order valence-electron chi connectivity index (χ2n) is 5.30. The Labute approximate surface area is 144 Å². The predicted molar refractivity (Wildman–Crippen MR) is 91.2 cm³/mol. The molecular weight excluding hydrogens is 330 g/mol. The number of carbonyl (C=O) groups excluding carboxylic acids is 2. The second kappa shape index (κ2) is 6.93. The minimum absolute atomic E-state index is 0.359. The third-order valence-electron chi connectivity index (χ3n) is 3.79. The molecule has 0 aromatic heterocycles. The van der Waals surface area contributed by atoms with Crippen LogP contribution in [0.25, 0.3) is 0 Å². The van der Waals surface area contributed by atoms with E-state index in [4.69, 9.17) is 21.1 Å². The summed E-state index contributed by atoms with van der Waals surface area (Å²) in [6.07, 6.45) is 0.582. The monoisotopic (exact) mass is 345 g/mol. The molecule has 0 spiro atoms. The summed E-state index contributed by atoms with van der Waals surface area (Å²) >= 11 is 5.89. The molecule has 0 N–H and O–H groups in total. The van der Waals surface area contributed by atoms with Crippen LogP contribution in [0.15, 0.2) is 42.5 Å². The summed E-state index contributed by atoms with van der Waals surface area (Å²) in [6.45, 7) is 0.801. The highest BCUT2D eigenvalue weighted by Crippen LogP contribution is 2.31. The first-order valence-corrected chi connectivity index (χ1v) is 7.91. The van der Waals surface area contributed by atoms with Crippen molar-refractivity contribution in [2.45, 2.75) is 6.42 Å². The number of ketones is 1. The van der Waals surface area contributed by atoms with E-state index in [9.17, 15) is 9.59 Å². The minimum Gasteiger partial charge on any atom is -0.493 e. The van der Waals surface area contributed by atoms with Crippen LogP contribution < -0.4 is 14.4 Å². The largest absolute Gasteiger partial charge is 0.493 e. The zero-order valence-corrected chi connectivity index (χ0v) is 13.9. The van der Waals surface area contributed by atoms with Crippen molar-refractivity contribution in [3.63, 3.8) is 0 Å². The maximum atomic E-state index is 12.1. The highest BCUT2D eigenvalue weighted by Gasteiger charge is 2.35. The smallest absolute Gasteiger partial charge is 0.299 e. The van der Waals surface area contributed by atoms with Gasteiger partial charge in [-0.05, 0) is 36.8 Å². The average Bonchev–Trinajstić information content (AvgIpc) is 2.83. The maximum absolute atomic E-state index is 12.1. The topological polar surface area (TPSA) is 55.8 Å². The van der Waals surface area contributed by atoms with Crippen LogP contribution in [-0.4, -0.2) is 32.0 Å². The first-order valence-electron chi connectivity index (χ1n) is 7.53. The van der Waals surface area contributed by atoms with E-state index in [-0.39, 0.29) is 0 Å². The maximum Gasteiger partial charge on any atom is 0.299 e. The van der Waals surface area contributed by atoms with E-state index in [0.717, 1.165) is 0 Å². The molecule has 6 heteroatoms. The lowest BCUT2D eigenvalue weighted by atomic mass is 10.1. The van der Waals surface area contributed by atoms with Crippen LogP contribution in [0.3, 0.4) is 0 Å². The Morgan fingerprint density at radius 2 is 1.83 bits per heavy atom. The van der Waals surface area contributed by atoms with E-state index in [1.54, 1.807) is 19.2 Å². The number of hydrogen-bond donors (Lipinski definition) is 0. The highest BCUT2D eigenvalue weighted by molar-refractivity contribution is 6.52. The first kappa shape index (κ1) is 16.3. The molecule has 0 fully saturated rings. The van der Waals surface area contributed by atoms with Crippen LogP contribution >= 0.6 is 11.6 Å². The van der Waals surface area contributed by atoms with Gasteiger partial charge in [-0.3, -0.25) is 9.59 Å². The summed E-state index contributed by atoms with van der Waals surface area (Å²) in [7, 11) is 1.58. The SMILES string of the molecule is COc1ccccc1OCCCN1C(=O)C(=O)c2cc(Cl)ccc21. The quantitative estimate of drug-likeness (QED) is 0.595. The highest BCUT2D eigenvalue weighted by atomic mass is 35.5. The number of Topliss-reactive ketones (excluding diaryl/α,β-unsaturated/α-hetero) is 1. The predicted octanol–water partition coefficient (Wildman–Crippen LogP) is 3.35. The Morgan fingerprint density at radius 1 is 1.08 bits per heavy atom. The van der Waals surface area contributed by atoms with Crippen molar-refractivity contribution in [3.05, 3.63) is 53.1 Å². The van der Waals surface area contributed by atoms with E-state index in [1.807, 2.05) is 24.3 Å². The van der Waals surface area contributed by atoms with Gasteiger partial charge in [0.2, 0.25) is 0 Å². The van der Waals surface area contributed by atoms with Crippen LogP contribution in [0.5, 0.6) is 11.5 Å². The van der Waals surface area contributed by atoms with Crippen molar-refractivity contribution in [1.82, 2.24) is 0 Å². The molecule has 1 heterocycles. The Bertz CT molecular complexity index is 790. The summed E-state index contributed by atoms with van der Waals surface area (Å²) in [5.74, 6) is 0.267. The number of amides is 1. The number of ether oxygens (including phenoxy) is 2. The molecule has 2 aromatic carbocycles. The Balaban J connectivity index is 1.62. The van der Waals surface area contributed by atoms with Crippen LogP contribution in [0, 0.1) is 0 Å². The van der Waals surface area contributed by atoms with E-state index in [1.165, 1.54) is 11.0 Å². The van der Waals surface area contributed by atoms with Crippen LogP contribution in [-0.2, 0) is 4.79 Å². The lowest BCUT2D eigenvalue weighted by Crippen LogP contribution is -2.31. The van der Waals surface area contributed by atoms with Gasteiger partial charge in [0, 0.05) is 11.6 Å². The average molecular weight is 346 g/mol.